The molecule has 7 heteroatoms. The van der Waals surface area contributed by atoms with Crippen molar-refractivity contribution in [3.63, 3.8) is 0 Å². The Balaban J connectivity index is 1.88. The maximum Gasteiger partial charge on any atom is 0.341 e. The van der Waals surface area contributed by atoms with Gasteiger partial charge in [-0.25, -0.2) is 4.79 Å². The molecular weight excluding hydrogens is 338 g/mol. The van der Waals surface area contributed by atoms with Gasteiger partial charge in [-0.3, -0.25) is 4.79 Å². The van der Waals surface area contributed by atoms with E-state index in [0.717, 1.165) is 11.3 Å². The molecule has 0 saturated carbocycles. The van der Waals surface area contributed by atoms with E-state index in [1.165, 1.54) is 0 Å². The third-order valence-corrected chi connectivity index (χ3v) is 3.47. The Morgan fingerprint density at radius 3 is 2.58 bits per heavy atom. The van der Waals surface area contributed by atoms with Crippen LogP contribution in [0.3, 0.4) is 0 Å². The number of hydrogen-bond donors (Lipinski definition) is 2. The van der Waals surface area contributed by atoms with Crippen LogP contribution in [0.1, 0.15) is 12.5 Å². The highest BCUT2D eigenvalue weighted by Crippen LogP contribution is 2.18. The fraction of sp³-hybridized carbons (Fsp3) is 0.263. The Morgan fingerprint density at radius 2 is 1.85 bits per heavy atom. The van der Waals surface area contributed by atoms with Crippen molar-refractivity contribution in [1.82, 2.24) is 0 Å². The number of amides is 1. The summed E-state index contributed by atoms with van der Waals surface area (Å²) in [5.41, 5.74) is 1.39. The molecule has 2 aromatic carbocycles. The molecule has 0 aromatic heterocycles. The molecule has 1 unspecified atom stereocenters. The zero-order valence-corrected chi connectivity index (χ0v) is 14.6. The first kappa shape index (κ1) is 19.3. The molecule has 0 bridgehead atoms. The second kappa shape index (κ2) is 9.43. The first-order valence-corrected chi connectivity index (χ1v) is 7.98. The molecule has 2 aromatic rings. The molecule has 0 saturated heterocycles. The molecule has 0 aliphatic rings. The lowest BCUT2D eigenvalue weighted by Crippen LogP contribution is -2.27. The van der Waals surface area contributed by atoms with Crippen molar-refractivity contribution < 1.29 is 28.9 Å². The van der Waals surface area contributed by atoms with Crippen LogP contribution in [0.15, 0.2) is 48.5 Å². The SMILES string of the molecule is COc1cccc(COC(C)C(=O)Nc2cccc(OCC(=O)O)c2)c1. The van der Waals surface area contributed by atoms with Gasteiger partial charge in [-0.15, -0.1) is 0 Å². The van der Waals surface area contributed by atoms with Crippen LogP contribution in [0, 0.1) is 0 Å². The molecule has 0 fully saturated rings. The summed E-state index contributed by atoms with van der Waals surface area (Å²) < 4.78 is 15.8. The molecule has 2 N–H and O–H groups in total. The van der Waals surface area contributed by atoms with Gasteiger partial charge in [0.25, 0.3) is 5.91 Å². The molecule has 0 heterocycles. The van der Waals surface area contributed by atoms with Crippen molar-refractivity contribution in [3.05, 3.63) is 54.1 Å². The van der Waals surface area contributed by atoms with Gasteiger partial charge >= 0.3 is 5.97 Å². The third kappa shape index (κ3) is 6.10. The second-order valence-electron chi connectivity index (χ2n) is 5.50. The summed E-state index contributed by atoms with van der Waals surface area (Å²) in [5.74, 6) is -0.307. The van der Waals surface area contributed by atoms with Gasteiger partial charge in [0.2, 0.25) is 0 Å². The normalized spacial score (nSPS) is 11.5. The number of carbonyl (C=O) groups is 2. The van der Waals surface area contributed by atoms with Gasteiger partial charge in [-0.2, -0.15) is 0 Å². The predicted molar refractivity (Wildman–Crippen MR) is 95.4 cm³/mol. The van der Waals surface area contributed by atoms with Crippen molar-refractivity contribution in [1.29, 1.82) is 0 Å². The summed E-state index contributed by atoms with van der Waals surface area (Å²) in [6, 6.07) is 13.9. The average molecular weight is 359 g/mol. The van der Waals surface area contributed by atoms with E-state index in [4.69, 9.17) is 19.3 Å². The molecule has 0 radical (unpaired) electrons. The zero-order chi connectivity index (χ0) is 18.9. The van der Waals surface area contributed by atoms with Crippen molar-refractivity contribution in [3.8, 4) is 11.5 Å². The molecule has 1 atom stereocenters. The van der Waals surface area contributed by atoms with Gasteiger partial charge in [0.05, 0.1) is 13.7 Å². The van der Waals surface area contributed by atoms with E-state index in [2.05, 4.69) is 5.32 Å². The zero-order valence-electron chi connectivity index (χ0n) is 14.6. The fourth-order valence-electron chi connectivity index (χ4n) is 2.11. The van der Waals surface area contributed by atoms with Gasteiger partial charge < -0.3 is 24.6 Å². The monoisotopic (exact) mass is 359 g/mol. The van der Waals surface area contributed by atoms with E-state index in [1.54, 1.807) is 38.3 Å². The maximum absolute atomic E-state index is 12.2. The summed E-state index contributed by atoms with van der Waals surface area (Å²) in [5, 5.41) is 11.3. The smallest absolute Gasteiger partial charge is 0.341 e. The Kier molecular flexibility index (Phi) is 6.99. The lowest BCUT2D eigenvalue weighted by molar-refractivity contribution is -0.139. The molecule has 1 amide bonds. The van der Waals surface area contributed by atoms with Gasteiger partial charge in [0.1, 0.15) is 17.6 Å². The highest BCUT2D eigenvalue weighted by Gasteiger charge is 2.14. The first-order chi connectivity index (χ1) is 12.5. The number of ether oxygens (including phenoxy) is 3. The minimum atomic E-state index is -1.07. The number of aliphatic carboxylic acids is 1. The standard InChI is InChI=1S/C19H21NO6/c1-13(25-11-14-5-3-7-16(9-14)24-2)19(23)20-15-6-4-8-17(10-15)26-12-18(21)22/h3-10,13H,11-12H2,1-2H3,(H,20,23)(H,21,22). The topological polar surface area (TPSA) is 94.1 Å². The van der Waals surface area contributed by atoms with Crippen LogP contribution >= 0.6 is 0 Å². The van der Waals surface area contributed by atoms with E-state index in [-0.39, 0.29) is 12.5 Å². The van der Waals surface area contributed by atoms with Gasteiger partial charge in [-0.1, -0.05) is 18.2 Å². The molecule has 138 valence electrons. The van der Waals surface area contributed by atoms with Crippen molar-refractivity contribution in [2.45, 2.75) is 19.6 Å². The number of carboxylic acid groups (broad SMARTS) is 1. The highest BCUT2D eigenvalue weighted by atomic mass is 16.5. The minimum Gasteiger partial charge on any atom is -0.497 e. The number of nitrogens with one attached hydrogen (secondary N) is 1. The Morgan fingerprint density at radius 1 is 1.12 bits per heavy atom. The van der Waals surface area contributed by atoms with E-state index in [0.29, 0.717) is 11.4 Å². The summed E-state index contributed by atoms with van der Waals surface area (Å²) in [6.07, 6.45) is -0.676. The molecule has 0 spiro atoms. The van der Waals surface area contributed by atoms with Crippen molar-refractivity contribution in [2.75, 3.05) is 19.0 Å². The van der Waals surface area contributed by atoms with Crippen LogP contribution in [-0.2, 0) is 20.9 Å². The van der Waals surface area contributed by atoms with Crippen LogP contribution in [0.2, 0.25) is 0 Å². The van der Waals surface area contributed by atoms with E-state index in [9.17, 15) is 9.59 Å². The quantitative estimate of drug-likeness (QED) is 0.715. The fourth-order valence-corrected chi connectivity index (χ4v) is 2.11. The third-order valence-electron chi connectivity index (χ3n) is 3.47. The number of carboxylic acids is 1. The van der Waals surface area contributed by atoms with E-state index >= 15 is 0 Å². The van der Waals surface area contributed by atoms with Crippen LogP contribution in [0.25, 0.3) is 0 Å². The number of rotatable bonds is 9. The lowest BCUT2D eigenvalue weighted by Gasteiger charge is -2.14. The molecule has 2 rings (SSSR count). The van der Waals surface area contributed by atoms with Crippen LogP contribution in [0.4, 0.5) is 5.69 Å². The van der Waals surface area contributed by atoms with Gasteiger partial charge in [-0.05, 0) is 36.8 Å². The Hall–Kier alpha value is -3.06. The lowest BCUT2D eigenvalue weighted by atomic mass is 10.2. The van der Waals surface area contributed by atoms with Crippen molar-refractivity contribution in [2.24, 2.45) is 0 Å². The Bertz CT molecular complexity index is 761. The molecule has 0 aliphatic heterocycles. The second-order valence-corrected chi connectivity index (χ2v) is 5.50. The molecule has 7 nitrogen and oxygen atoms in total. The van der Waals surface area contributed by atoms with E-state index < -0.39 is 18.7 Å². The molecule has 26 heavy (non-hydrogen) atoms. The first-order valence-electron chi connectivity index (χ1n) is 7.98. The van der Waals surface area contributed by atoms with Gasteiger partial charge in [0, 0.05) is 11.8 Å². The average Bonchev–Trinajstić information content (AvgIpc) is 2.64. The van der Waals surface area contributed by atoms with E-state index in [1.807, 2.05) is 24.3 Å². The summed E-state index contributed by atoms with van der Waals surface area (Å²) >= 11 is 0. The van der Waals surface area contributed by atoms with Crippen LogP contribution in [0.5, 0.6) is 11.5 Å². The summed E-state index contributed by atoms with van der Waals surface area (Å²) in [6.45, 7) is 1.48. The number of anilines is 1. The number of benzene rings is 2. The molecular formula is C19H21NO6. The minimum absolute atomic E-state index is 0.271. The van der Waals surface area contributed by atoms with Crippen molar-refractivity contribution >= 4 is 17.6 Å². The number of methoxy groups -OCH3 is 1. The highest BCUT2D eigenvalue weighted by molar-refractivity contribution is 5.94. The van der Waals surface area contributed by atoms with Crippen LogP contribution < -0.4 is 14.8 Å². The predicted octanol–water partition coefficient (Wildman–Crippen LogP) is 2.70. The Labute approximate surface area is 151 Å². The summed E-state index contributed by atoms with van der Waals surface area (Å²) in [7, 11) is 1.59. The van der Waals surface area contributed by atoms with Gasteiger partial charge in [0.15, 0.2) is 6.61 Å². The largest absolute Gasteiger partial charge is 0.497 e. The maximum atomic E-state index is 12.2. The van der Waals surface area contributed by atoms with Crippen LogP contribution in [-0.4, -0.2) is 36.8 Å². The summed E-state index contributed by atoms with van der Waals surface area (Å²) in [4.78, 5) is 22.8. The number of hydrogen-bond acceptors (Lipinski definition) is 5. The molecule has 0 aliphatic carbocycles. The number of carbonyl (C=O) groups excluding carboxylic acids is 1.